The minimum Gasteiger partial charge on any atom is -0.462 e. The normalized spacial score (nSPS) is 13.8. The number of phosphoric ester groups is 1. The van der Waals surface area contributed by atoms with Crippen molar-refractivity contribution < 1.29 is 42.1 Å². The maximum Gasteiger partial charge on any atom is 0.472 e. The quantitative estimate of drug-likeness (QED) is 0.0211. The number of nitrogens with zero attached hydrogens (tertiary/aromatic N) is 1. The molecule has 0 saturated heterocycles. The Morgan fingerprint density at radius 3 is 0.924 bits per heavy atom. The Labute approximate surface area is 568 Å². The van der Waals surface area contributed by atoms with Crippen LogP contribution in [-0.4, -0.2) is 74.9 Å². The number of hydrogen-bond donors (Lipinski definition) is 1. The number of ether oxygens (including phenoxy) is 2. The molecule has 528 valence electrons. The highest BCUT2D eigenvalue weighted by molar-refractivity contribution is 7.47. The van der Waals surface area contributed by atoms with Gasteiger partial charge in [0.1, 0.15) is 19.8 Å². The zero-order valence-corrected chi connectivity index (χ0v) is 61.1. The number of unbranched alkanes of at least 4 members (excludes halogenated alkanes) is 33. The van der Waals surface area contributed by atoms with Crippen LogP contribution in [0.1, 0.15) is 322 Å². The molecule has 92 heavy (non-hydrogen) atoms. The van der Waals surface area contributed by atoms with Crippen molar-refractivity contribution in [2.75, 3.05) is 47.5 Å². The van der Waals surface area contributed by atoms with Crippen molar-refractivity contribution in [2.45, 2.75) is 328 Å². The maximum absolute atomic E-state index is 12.9. The first kappa shape index (κ1) is 88.2. The van der Waals surface area contributed by atoms with Crippen LogP contribution >= 0.6 is 7.82 Å². The molecule has 0 spiro atoms. The van der Waals surface area contributed by atoms with Crippen LogP contribution in [-0.2, 0) is 32.7 Å². The van der Waals surface area contributed by atoms with Crippen LogP contribution in [0.15, 0.2) is 134 Å². The molecule has 0 aromatic carbocycles. The Balaban J connectivity index is 4.06. The lowest BCUT2D eigenvalue weighted by Crippen LogP contribution is -2.37. The summed E-state index contributed by atoms with van der Waals surface area (Å²) in [5, 5.41) is 0. The minimum absolute atomic E-state index is 0.0243. The molecular formula is C82H143NO8P+. The number of phosphoric acid groups is 1. The molecule has 0 aliphatic carbocycles. The molecular weight excluding hydrogens is 1160 g/mol. The van der Waals surface area contributed by atoms with Gasteiger partial charge >= 0.3 is 19.8 Å². The molecule has 0 saturated carbocycles. The van der Waals surface area contributed by atoms with Crippen LogP contribution in [0.5, 0.6) is 0 Å². The molecule has 0 aromatic rings. The van der Waals surface area contributed by atoms with E-state index in [1.165, 1.54) is 180 Å². The van der Waals surface area contributed by atoms with Gasteiger partial charge in [0.2, 0.25) is 0 Å². The van der Waals surface area contributed by atoms with Crippen LogP contribution in [0.3, 0.4) is 0 Å². The first-order valence-electron chi connectivity index (χ1n) is 37.9. The summed E-state index contributed by atoms with van der Waals surface area (Å²) in [6.45, 7) is 4.32. The van der Waals surface area contributed by atoms with E-state index in [-0.39, 0.29) is 32.0 Å². The third kappa shape index (κ3) is 75.2. The SMILES string of the molecule is CC/C=C\C/C=C\C/C=C\C/C=C\C/C=C\C/C=C\C/C=C\C/C=C\C/C=C\CCCCCCCCCC(=O)OC(COC(=O)CCCCCCCCCCCCCCCCCCCCCCC/C=C\C/C=C\CCCCCCC)COP(=O)(O)OCC[N+](C)(C)C. The van der Waals surface area contributed by atoms with Gasteiger partial charge in [-0.15, -0.1) is 0 Å². The third-order valence-electron chi connectivity index (χ3n) is 16.2. The second kappa shape index (κ2) is 71.4. The van der Waals surface area contributed by atoms with Gasteiger partial charge in [0.05, 0.1) is 27.7 Å². The average Bonchev–Trinajstić information content (AvgIpc) is 2.14. The van der Waals surface area contributed by atoms with E-state index in [0.717, 1.165) is 109 Å². The molecule has 0 aliphatic rings. The van der Waals surface area contributed by atoms with Gasteiger partial charge in [-0.05, 0) is 116 Å². The fourth-order valence-electron chi connectivity index (χ4n) is 10.4. The molecule has 9 nitrogen and oxygen atoms in total. The Hall–Kier alpha value is -3.85. The predicted molar refractivity (Wildman–Crippen MR) is 399 cm³/mol. The molecule has 2 atom stereocenters. The molecule has 2 unspecified atom stereocenters. The van der Waals surface area contributed by atoms with Gasteiger partial charge in [-0.25, -0.2) is 4.57 Å². The van der Waals surface area contributed by atoms with Crippen molar-refractivity contribution in [3.8, 4) is 0 Å². The summed E-state index contributed by atoms with van der Waals surface area (Å²) in [6.07, 6.45) is 104. The summed E-state index contributed by atoms with van der Waals surface area (Å²) in [4.78, 5) is 35.9. The summed E-state index contributed by atoms with van der Waals surface area (Å²) < 4.78 is 34.8. The zero-order valence-electron chi connectivity index (χ0n) is 60.2. The number of allylic oxidation sites excluding steroid dienone is 22. The number of likely N-dealkylation sites (N-methyl/N-ethyl adjacent to an activating group) is 1. The lowest BCUT2D eigenvalue weighted by molar-refractivity contribution is -0.870. The Morgan fingerprint density at radius 1 is 0.348 bits per heavy atom. The lowest BCUT2D eigenvalue weighted by Gasteiger charge is -2.24. The van der Waals surface area contributed by atoms with Gasteiger partial charge in [-0.2, -0.15) is 0 Å². The van der Waals surface area contributed by atoms with Gasteiger partial charge in [0, 0.05) is 12.8 Å². The smallest absolute Gasteiger partial charge is 0.462 e. The van der Waals surface area contributed by atoms with Crippen molar-refractivity contribution in [1.82, 2.24) is 0 Å². The topological polar surface area (TPSA) is 108 Å². The van der Waals surface area contributed by atoms with Crippen molar-refractivity contribution in [1.29, 1.82) is 0 Å². The van der Waals surface area contributed by atoms with Crippen molar-refractivity contribution in [3.05, 3.63) is 134 Å². The highest BCUT2D eigenvalue weighted by atomic mass is 31.2. The first-order valence-corrected chi connectivity index (χ1v) is 39.4. The molecule has 1 N–H and O–H groups in total. The molecule has 0 heterocycles. The van der Waals surface area contributed by atoms with Crippen molar-refractivity contribution in [2.24, 2.45) is 0 Å². The number of quaternary nitrogens is 1. The van der Waals surface area contributed by atoms with Crippen LogP contribution in [0, 0.1) is 0 Å². The van der Waals surface area contributed by atoms with Gasteiger partial charge in [-0.3, -0.25) is 18.6 Å². The number of esters is 2. The molecule has 0 aliphatic heterocycles. The third-order valence-corrected chi connectivity index (χ3v) is 17.1. The molecule has 0 radical (unpaired) electrons. The van der Waals surface area contributed by atoms with Gasteiger partial charge < -0.3 is 18.9 Å². The Kier molecular flexibility index (Phi) is 68.5. The summed E-state index contributed by atoms with van der Waals surface area (Å²) in [5.41, 5.74) is 0. The van der Waals surface area contributed by atoms with E-state index in [9.17, 15) is 19.0 Å². The summed E-state index contributed by atoms with van der Waals surface area (Å²) in [6, 6.07) is 0. The highest BCUT2D eigenvalue weighted by Gasteiger charge is 2.27. The molecule has 0 aromatic heterocycles. The monoisotopic (exact) mass is 1300 g/mol. The molecule has 0 bridgehead atoms. The summed E-state index contributed by atoms with van der Waals surface area (Å²) in [5.74, 6) is -0.806. The van der Waals surface area contributed by atoms with E-state index >= 15 is 0 Å². The largest absolute Gasteiger partial charge is 0.472 e. The minimum atomic E-state index is -4.41. The number of rotatable bonds is 69. The van der Waals surface area contributed by atoms with Gasteiger partial charge in [-0.1, -0.05) is 327 Å². The zero-order chi connectivity index (χ0) is 66.9. The van der Waals surface area contributed by atoms with Crippen LogP contribution in [0.25, 0.3) is 0 Å². The molecule has 0 amide bonds. The van der Waals surface area contributed by atoms with Gasteiger partial charge in [0.15, 0.2) is 6.10 Å². The molecule has 0 rings (SSSR count). The maximum atomic E-state index is 12.9. The fourth-order valence-corrected chi connectivity index (χ4v) is 11.1. The predicted octanol–water partition coefficient (Wildman–Crippen LogP) is 25.2. The number of carbonyl (C=O) groups is 2. The van der Waals surface area contributed by atoms with Crippen molar-refractivity contribution >= 4 is 19.8 Å². The van der Waals surface area contributed by atoms with E-state index < -0.39 is 26.5 Å². The van der Waals surface area contributed by atoms with E-state index in [0.29, 0.717) is 17.4 Å². The van der Waals surface area contributed by atoms with Crippen LogP contribution in [0.2, 0.25) is 0 Å². The van der Waals surface area contributed by atoms with E-state index in [1.54, 1.807) is 0 Å². The Morgan fingerprint density at radius 2 is 0.620 bits per heavy atom. The second-order valence-corrected chi connectivity index (χ2v) is 27.8. The van der Waals surface area contributed by atoms with E-state index in [1.807, 2.05) is 21.1 Å². The van der Waals surface area contributed by atoms with Crippen LogP contribution in [0.4, 0.5) is 0 Å². The number of carbonyl (C=O) groups excluding carboxylic acids is 2. The van der Waals surface area contributed by atoms with Crippen LogP contribution < -0.4 is 0 Å². The highest BCUT2D eigenvalue weighted by Crippen LogP contribution is 2.43. The van der Waals surface area contributed by atoms with Crippen molar-refractivity contribution in [3.63, 3.8) is 0 Å². The van der Waals surface area contributed by atoms with E-state index in [4.69, 9.17) is 18.5 Å². The summed E-state index contributed by atoms with van der Waals surface area (Å²) >= 11 is 0. The average molecular weight is 1300 g/mol. The summed E-state index contributed by atoms with van der Waals surface area (Å²) in [7, 11) is 1.46. The fraction of sp³-hybridized carbons (Fsp3) is 0.707. The standard InChI is InChI=1S/C82H142NO8P/c1-6-8-10-12-14-16-18-20-22-24-26-28-30-32-34-36-38-40-41-43-45-47-49-51-53-55-57-59-61-63-65-67-69-71-73-75-82(85)91-80(79-90-92(86,87)89-77-76-83(3,4)5)78-88-81(84)74-72-70-68-66-64-62-60-58-56-54-52-50-48-46-44-42-39-37-35-33-31-29-27-25-23-21-19-17-15-13-11-9-7-2/h8,10,14,16,19-22,25-28,32,34,38,40,43,45,49,51,55,57,80H,6-7,9,11-13,15,17-18,23-24,29-31,33,35-37,39,41-42,44,46-48,50,52-54,56,58-79H2,1-5H3/p+1/b10-8-,16-14-,21-19-,22-20-,27-25-,28-26-,34-32-,40-38-,45-43-,51-49-,57-55-. The van der Waals surface area contributed by atoms with E-state index in [2.05, 4.69) is 148 Å². The first-order chi connectivity index (χ1) is 45.0. The Bertz CT molecular complexity index is 2020. The molecule has 0 fully saturated rings. The second-order valence-electron chi connectivity index (χ2n) is 26.3. The molecule has 10 heteroatoms. The lowest BCUT2D eigenvalue weighted by atomic mass is 10.0. The number of hydrogen-bond acceptors (Lipinski definition) is 7. The van der Waals surface area contributed by atoms with Gasteiger partial charge in [0.25, 0.3) is 0 Å².